The zero-order valence-electron chi connectivity index (χ0n) is 14.0. The summed E-state index contributed by atoms with van der Waals surface area (Å²) in [5.41, 5.74) is 4.37. The number of benzene rings is 2. The van der Waals surface area contributed by atoms with E-state index >= 15 is 0 Å². The third-order valence-corrected chi connectivity index (χ3v) is 4.21. The maximum Gasteiger partial charge on any atom is 0.303 e. The summed E-state index contributed by atoms with van der Waals surface area (Å²) in [6, 6.07) is 14.0. The van der Waals surface area contributed by atoms with E-state index in [1.54, 1.807) is 0 Å². The fraction of sp³-hybridized carbons (Fsp3) is 0.250. The Morgan fingerprint density at radius 3 is 2.62 bits per heavy atom. The first-order valence-corrected chi connectivity index (χ1v) is 8.02. The van der Waals surface area contributed by atoms with Gasteiger partial charge in [-0.3, -0.25) is 4.79 Å². The van der Waals surface area contributed by atoms with Crippen molar-refractivity contribution in [2.24, 2.45) is 7.05 Å². The monoisotopic (exact) mass is 323 g/mol. The molecule has 0 amide bonds. The van der Waals surface area contributed by atoms with Crippen molar-refractivity contribution in [1.82, 2.24) is 4.57 Å². The smallest absolute Gasteiger partial charge is 0.303 e. The van der Waals surface area contributed by atoms with Crippen molar-refractivity contribution in [2.45, 2.75) is 26.4 Å². The Balaban J connectivity index is 1.97. The second kappa shape index (κ2) is 6.79. The van der Waals surface area contributed by atoms with Gasteiger partial charge >= 0.3 is 5.97 Å². The molecule has 0 unspecified atom stereocenters. The van der Waals surface area contributed by atoms with Gasteiger partial charge in [-0.25, -0.2) is 0 Å². The summed E-state index contributed by atoms with van der Waals surface area (Å²) in [5.74, 6) is 0.0202. The van der Waals surface area contributed by atoms with E-state index in [4.69, 9.17) is 9.84 Å². The maximum absolute atomic E-state index is 10.9. The number of hydrogen-bond acceptors (Lipinski definition) is 2. The van der Waals surface area contributed by atoms with Crippen LogP contribution < -0.4 is 4.74 Å². The standard InChI is InChI=1S/C20H21NO3/c1-14-8-10-17(24-13-15-6-4-3-5-7-15)19-16(9-11-18(22)23)12-21(2)20(14)19/h3-8,10,12H,9,11,13H2,1-2H3,(H,22,23). The number of fused-ring (bicyclic) bond motifs is 1. The number of rotatable bonds is 6. The van der Waals surface area contributed by atoms with Crippen LogP contribution in [-0.2, 0) is 24.9 Å². The molecule has 0 bridgehead atoms. The Hall–Kier alpha value is -2.75. The van der Waals surface area contributed by atoms with Crippen LogP contribution in [0.2, 0.25) is 0 Å². The second-order valence-electron chi connectivity index (χ2n) is 6.04. The van der Waals surface area contributed by atoms with E-state index in [0.29, 0.717) is 13.0 Å². The topological polar surface area (TPSA) is 51.5 Å². The third-order valence-electron chi connectivity index (χ3n) is 4.21. The molecule has 0 saturated heterocycles. The minimum atomic E-state index is -0.786. The third kappa shape index (κ3) is 3.27. The highest BCUT2D eigenvalue weighted by Crippen LogP contribution is 2.33. The fourth-order valence-electron chi connectivity index (χ4n) is 3.09. The van der Waals surface area contributed by atoms with Crippen LogP contribution in [0.25, 0.3) is 10.9 Å². The minimum Gasteiger partial charge on any atom is -0.488 e. The quantitative estimate of drug-likeness (QED) is 0.743. The summed E-state index contributed by atoms with van der Waals surface area (Å²) in [7, 11) is 1.99. The number of aromatic nitrogens is 1. The molecule has 0 radical (unpaired) electrons. The highest BCUT2D eigenvalue weighted by molar-refractivity contribution is 5.92. The number of ether oxygens (including phenoxy) is 1. The molecule has 0 spiro atoms. The number of carbonyl (C=O) groups is 1. The number of nitrogens with zero attached hydrogens (tertiary/aromatic N) is 1. The van der Waals surface area contributed by atoms with E-state index in [9.17, 15) is 4.79 Å². The molecule has 3 aromatic rings. The van der Waals surface area contributed by atoms with Crippen molar-refractivity contribution in [3.05, 3.63) is 65.4 Å². The maximum atomic E-state index is 10.9. The lowest BCUT2D eigenvalue weighted by Gasteiger charge is -2.11. The zero-order valence-corrected chi connectivity index (χ0v) is 14.0. The van der Waals surface area contributed by atoms with Gasteiger partial charge in [0.1, 0.15) is 12.4 Å². The van der Waals surface area contributed by atoms with Crippen LogP contribution in [0.3, 0.4) is 0 Å². The van der Waals surface area contributed by atoms with E-state index in [1.165, 1.54) is 0 Å². The lowest BCUT2D eigenvalue weighted by atomic mass is 10.1. The van der Waals surface area contributed by atoms with Crippen LogP contribution in [0.5, 0.6) is 5.75 Å². The summed E-state index contributed by atoms with van der Waals surface area (Å²) >= 11 is 0. The van der Waals surface area contributed by atoms with Crippen molar-refractivity contribution in [3.63, 3.8) is 0 Å². The molecule has 0 aliphatic rings. The van der Waals surface area contributed by atoms with Crippen molar-refractivity contribution in [3.8, 4) is 5.75 Å². The normalized spacial score (nSPS) is 10.9. The van der Waals surface area contributed by atoms with Gasteiger partial charge in [-0.2, -0.15) is 0 Å². The van der Waals surface area contributed by atoms with Gasteiger partial charge in [-0.1, -0.05) is 36.4 Å². The van der Waals surface area contributed by atoms with E-state index in [0.717, 1.165) is 33.3 Å². The van der Waals surface area contributed by atoms with E-state index in [1.807, 2.05) is 55.7 Å². The molecule has 4 nitrogen and oxygen atoms in total. The summed E-state index contributed by atoms with van der Waals surface area (Å²) in [6.45, 7) is 2.55. The van der Waals surface area contributed by atoms with Crippen LogP contribution in [0.15, 0.2) is 48.7 Å². The van der Waals surface area contributed by atoms with Gasteiger partial charge in [0.2, 0.25) is 0 Å². The lowest BCUT2D eigenvalue weighted by molar-refractivity contribution is -0.136. The first-order chi connectivity index (χ1) is 11.6. The SMILES string of the molecule is Cc1ccc(OCc2ccccc2)c2c(CCC(=O)O)cn(C)c12. The largest absolute Gasteiger partial charge is 0.488 e. The summed E-state index contributed by atoms with van der Waals surface area (Å²) < 4.78 is 8.11. The molecule has 4 heteroatoms. The summed E-state index contributed by atoms with van der Waals surface area (Å²) in [4.78, 5) is 10.9. The van der Waals surface area contributed by atoms with Gasteiger partial charge in [-0.05, 0) is 36.1 Å². The molecule has 0 fully saturated rings. The number of carboxylic acid groups (broad SMARTS) is 1. The minimum absolute atomic E-state index is 0.116. The van der Waals surface area contributed by atoms with Crippen LogP contribution >= 0.6 is 0 Å². The van der Waals surface area contributed by atoms with E-state index in [2.05, 4.69) is 11.5 Å². The summed E-state index contributed by atoms with van der Waals surface area (Å²) in [5, 5.41) is 10.0. The average Bonchev–Trinajstić information content (AvgIpc) is 2.91. The van der Waals surface area contributed by atoms with Crippen LogP contribution in [0, 0.1) is 6.92 Å². The first kappa shape index (κ1) is 16.1. The van der Waals surface area contributed by atoms with Crippen LogP contribution in [0.4, 0.5) is 0 Å². The van der Waals surface area contributed by atoms with Gasteiger partial charge in [0.25, 0.3) is 0 Å². The molecular formula is C20H21NO3. The molecule has 1 heterocycles. The predicted octanol–water partition coefficient (Wildman–Crippen LogP) is 4.08. The Morgan fingerprint density at radius 2 is 1.92 bits per heavy atom. The Bertz CT molecular complexity index is 865. The first-order valence-electron chi connectivity index (χ1n) is 8.02. The molecule has 24 heavy (non-hydrogen) atoms. The summed E-state index contributed by atoms with van der Waals surface area (Å²) in [6.07, 6.45) is 2.62. The molecule has 124 valence electrons. The predicted molar refractivity (Wildman–Crippen MR) is 94.4 cm³/mol. The van der Waals surface area contributed by atoms with Gasteiger partial charge in [0.05, 0.1) is 5.52 Å². The van der Waals surface area contributed by atoms with E-state index < -0.39 is 5.97 Å². The molecule has 1 aromatic heterocycles. The highest BCUT2D eigenvalue weighted by atomic mass is 16.5. The molecule has 1 N–H and O–H groups in total. The molecular weight excluding hydrogens is 302 g/mol. The Labute approximate surface area is 141 Å². The molecule has 2 aromatic carbocycles. The molecule has 0 aliphatic carbocycles. The van der Waals surface area contributed by atoms with Crippen LogP contribution in [0.1, 0.15) is 23.1 Å². The number of aliphatic carboxylic acids is 1. The lowest BCUT2D eigenvalue weighted by Crippen LogP contribution is -1.99. The van der Waals surface area contributed by atoms with Gasteiger partial charge in [-0.15, -0.1) is 0 Å². The van der Waals surface area contributed by atoms with Crippen LogP contribution in [-0.4, -0.2) is 15.6 Å². The molecule has 0 atom stereocenters. The highest BCUT2D eigenvalue weighted by Gasteiger charge is 2.15. The van der Waals surface area contributed by atoms with E-state index in [-0.39, 0.29) is 6.42 Å². The number of aryl methyl sites for hydroxylation is 3. The van der Waals surface area contributed by atoms with Crippen molar-refractivity contribution in [2.75, 3.05) is 0 Å². The molecule has 3 rings (SSSR count). The van der Waals surface area contributed by atoms with Gasteiger partial charge in [0.15, 0.2) is 0 Å². The van der Waals surface area contributed by atoms with Gasteiger partial charge in [0, 0.05) is 25.1 Å². The zero-order chi connectivity index (χ0) is 17.1. The second-order valence-corrected chi connectivity index (χ2v) is 6.04. The average molecular weight is 323 g/mol. The van der Waals surface area contributed by atoms with Crippen molar-refractivity contribution < 1.29 is 14.6 Å². The Morgan fingerprint density at radius 1 is 1.17 bits per heavy atom. The van der Waals surface area contributed by atoms with Crippen molar-refractivity contribution >= 4 is 16.9 Å². The number of carboxylic acids is 1. The fourth-order valence-corrected chi connectivity index (χ4v) is 3.09. The number of hydrogen-bond donors (Lipinski definition) is 1. The Kier molecular flexibility index (Phi) is 4.56. The molecule has 0 aliphatic heterocycles. The van der Waals surface area contributed by atoms with Gasteiger partial charge < -0.3 is 14.4 Å². The van der Waals surface area contributed by atoms with Crippen molar-refractivity contribution in [1.29, 1.82) is 0 Å². The molecule has 0 saturated carbocycles.